The summed E-state index contributed by atoms with van der Waals surface area (Å²) in [4.78, 5) is 24.3. The van der Waals surface area contributed by atoms with Crippen LogP contribution in [0.5, 0.6) is 0 Å². The second-order valence-corrected chi connectivity index (χ2v) is 4.00. The number of para-hydroxylation sites is 1. The molecule has 0 aliphatic carbocycles. The molecule has 2 rings (SSSR count). The molecule has 0 spiro atoms. The van der Waals surface area contributed by atoms with E-state index in [1.54, 1.807) is 7.05 Å². The first-order valence-corrected chi connectivity index (χ1v) is 5.46. The highest BCUT2D eigenvalue weighted by Gasteiger charge is 2.22. The van der Waals surface area contributed by atoms with E-state index in [2.05, 4.69) is 4.74 Å². The molecule has 5 nitrogen and oxygen atoms in total. The number of nitrogens with zero attached hydrogens (tertiary/aromatic N) is 2. The fourth-order valence-electron chi connectivity index (χ4n) is 1.92. The van der Waals surface area contributed by atoms with Gasteiger partial charge in [0.2, 0.25) is 0 Å². The van der Waals surface area contributed by atoms with Crippen LogP contribution in [0.4, 0.5) is 5.69 Å². The van der Waals surface area contributed by atoms with Gasteiger partial charge in [0.05, 0.1) is 12.8 Å². The molecule has 0 aliphatic heterocycles. The minimum atomic E-state index is -0.870. The maximum Gasteiger partial charge on any atom is 0.397 e. The van der Waals surface area contributed by atoms with Crippen molar-refractivity contribution < 1.29 is 14.3 Å². The first kappa shape index (κ1) is 12.2. The van der Waals surface area contributed by atoms with E-state index in [9.17, 15) is 9.59 Å². The number of hydrogen-bond donors (Lipinski definition) is 0. The van der Waals surface area contributed by atoms with Crippen molar-refractivity contribution in [1.29, 1.82) is 0 Å². The van der Waals surface area contributed by atoms with Crippen LogP contribution in [-0.2, 0) is 21.4 Å². The molecule has 0 aliphatic rings. The summed E-state index contributed by atoms with van der Waals surface area (Å²) in [6, 6.07) is 7.68. The molecule has 1 amide bonds. The van der Waals surface area contributed by atoms with Crippen LogP contribution in [0.2, 0.25) is 0 Å². The predicted molar refractivity (Wildman–Crippen MR) is 68.3 cm³/mol. The van der Waals surface area contributed by atoms with Gasteiger partial charge in [-0.15, -0.1) is 0 Å². The Labute approximate surface area is 105 Å². The fraction of sp³-hybridized carbons (Fsp3) is 0.231. The van der Waals surface area contributed by atoms with E-state index in [-0.39, 0.29) is 0 Å². The molecule has 5 heteroatoms. The van der Waals surface area contributed by atoms with Crippen LogP contribution < -0.4 is 4.90 Å². The van der Waals surface area contributed by atoms with Crippen LogP contribution in [0.3, 0.4) is 0 Å². The van der Waals surface area contributed by atoms with Crippen molar-refractivity contribution in [2.24, 2.45) is 7.05 Å². The summed E-state index contributed by atoms with van der Waals surface area (Å²) in [6.45, 7) is 0. The van der Waals surface area contributed by atoms with E-state index in [1.807, 2.05) is 42.1 Å². The van der Waals surface area contributed by atoms with Crippen LogP contribution in [0.15, 0.2) is 30.5 Å². The van der Waals surface area contributed by atoms with E-state index in [4.69, 9.17) is 0 Å². The number of esters is 1. The average Bonchev–Trinajstić information content (AvgIpc) is 2.74. The number of anilines is 1. The standard InChI is InChI=1S/C13H14N2O3/c1-14-8-11(9-6-4-5-7-10(9)14)15(2)12(16)13(17)18-3/h4-8H,1-3H3. The van der Waals surface area contributed by atoms with Crippen LogP contribution in [0.25, 0.3) is 10.9 Å². The second-order valence-electron chi connectivity index (χ2n) is 4.00. The number of benzene rings is 1. The predicted octanol–water partition coefficient (Wildman–Crippen LogP) is 1.31. The first-order chi connectivity index (χ1) is 8.56. The molecule has 0 fully saturated rings. The highest BCUT2D eigenvalue weighted by atomic mass is 16.5. The molecule has 0 N–H and O–H groups in total. The molecule has 1 aromatic carbocycles. The van der Waals surface area contributed by atoms with Gasteiger partial charge in [-0.25, -0.2) is 4.79 Å². The van der Waals surface area contributed by atoms with Gasteiger partial charge < -0.3 is 14.2 Å². The number of methoxy groups -OCH3 is 1. The average molecular weight is 246 g/mol. The molecule has 2 aromatic rings. The van der Waals surface area contributed by atoms with Gasteiger partial charge in [0, 0.05) is 31.2 Å². The van der Waals surface area contributed by atoms with Crippen molar-refractivity contribution >= 4 is 28.5 Å². The largest absolute Gasteiger partial charge is 0.462 e. The van der Waals surface area contributed by atoms with Crippen molar-refractivity contribution in [2.45, 2.75) is 0 Å². The Morgan fingerprint density at radius 3 is 2.61 bits per heavy atom. The van der Waals surface area contributed by atoms with Gasteiger partial charge in [0.15, 0.2) is 0 Å². The van der Waals surface area contributed by atoms with E-state index in [0.717, 1.165) is 10.9 Å². The second kappa shape index (κ2) is 4.52. The Morgan fingerprint density at radius 2 is 1.94 bits per heavy atom. The van der Waals surface area contributed by atoms with Gasteiger partial charge in [0.25, 0.3) is 0 Å². The minimum absolute atomic E-state index is 0.684. The summed E-state index contributed by atoms with van der Waals surface area (Å²) in [7, 11) is 4.64. The number of likely N-dealkylation sites (N-methyl/N-ethyl adjacent to an activating group) is 1. The van der Waals surface area contributed by atoms with Crippen molar-refractivity contribution in [3.8, 4) is 0 Å². The summed E-state index contributed by atoms with van der Waals surface area (Å²) in [5.74, 6) is -1.56. The molecule has 1 heterocycles. The quantitative estimate of drug-likeness (QED) is 0.563. The van der Waals surface area contributed by atoms with Gasteiger partial charge in [-0.1, -0.05) is 18.2 Å². The molecule has 0 radical (unpaired) electrons. The Hall–Kier alpha value is -2.30. The monoisotopic (exact) mass is 246 g/mol. The molecule has 0 saturated carbocycles. The molecular weight excluding hydrogens is 232 g/mol. The number of aromatic nitrogens is 1. The van der Waals surface area contributed by atoms with E-state index < -0.39 is 11.9 Å². The van der Waals surface area contributed by atoms with E-state index in [1.165, 1.54) is 12.0 Å². The molecule has 0 unspecified atom stereocenters. The Bertz CT molecular complexity index is 616. The van der Waals surface area contributed by atoms with E-state index >= 15 is 0 Å². The van der Waals surface area contributed by atoms with Gasteiger partial charge in [0.1, 0.15) is 0 Å². The van der Waals surface area contributed by atoms with Gasteiger partial charge in [-0.3, -0.25) is 4.79 Å². The number of carbonyl (C=O) groups excluding carboxylic acids is 2. The number of hydrogen-bond acceptors (Lipinski definition) is 3. The highest BCUT2D eigenvalue weighted by Crippen LogP contribution is 2.27. The van der Waals surface area contributed by atoms with Gasteiger partial charge in [-0.05, 0) is 6.07 Å². The lowest BCUT2D eigenvalue weighted by molar-refractivity contribution is -0.151. The number of amides is 1. The fourth-order valence-corrected chi connectivity index (χ4v) is 1.92. The highest BCUT2D eigenvalue weighted by molar-refractivity contribution is 6.38. The molecule has 1 aromatic heterocycles. The Kier molecular flexibility index (Phi) is 3.06. The third kappa shape index (κ3) is 1.84. The van der Waals surface area contributed by atoms with Crippen molar-refractivity contribution in [2.75, 3.05) is 19.1 Å². The summed E-state index contributed by atoms with van der Waals surface area (Å²) < 4.78 is 6.35. The molecule has 0 saturated heterocycles. The smallest absolute Gasteiger partial charge is 0.397 e. The van der Waals surface area contributed by atoms with E-state index in [0.29, 0.717) is 5.69 Å². The molecule has 0 atom stereocenters. The topological polar surface area (TPSA) is 51.5 Å². The summed E-state index contributed by atoms with van der Waals surface area (Å²) >= 11 is 0. The van der Waals surface area contributed by atoms with Crippen LogP contribution in [0.1, 0.15) is 0 Å². The maximum atomic E-state index is 11.8. The number of fused-ring (bicyclic) bond motifs is 1. The third-order valence-corrected chi connectivity index (χ3v) is 2.90. The van der Waals surface area contributed by atoms with Crippen LogP contribution >= 0.6 is 0 Å². The van der Waals surface area contributed by atoms with Crippen LogP contribution in [-0.4, -0.2) is 30.6 Å². The van der Waals surface area contributed by atoms with Crippen LogP contribution in [0, 0.1) is 0 Å². The number of aryl methyl sites for hydroxylation is 1. The van der Waals surface area contributed by atoms with Gasteiger partial charge >= 0.3 is 11.9 Å². The lowest BCUT2D eigenvalue weighted by atomic mass is 10.2. The van der Waals surface area contributed by atoms with Crippen molar-refractivity contribution in [1.82, 2.24) is 4.57 Å². The van der Waals surface area contributed by atoms with Crippen molar-refractivity contribution in [3.05, 3.63) is 30.5 Å². The normalized spacial score (nSPS) is 10.4. The van der Waals surface area contributed by atoms with Gasteiger partial charge in [-0.2, -0.15) is 0 Å². The molecule has 18 heavy (non-hydrogen) atoms. The maximum absolute atomic E-state index is 11.8. The SMILES string of the molecule is COC(=O)C(=O)N(C)c1cn(C)c2ccccc12. The zero-order valence-corrected chi connectivity index (χ0v) is 10.5. The number of rotatable bonds is 1. The zero-order chi connectivity index (χ0) is 13.3. The van der Waals surface area contributed by atoms with Crippen molar-refractivity contribution in [3.63, 3.8) is 0 Å². The third-order valence-electron chi connectivity index (χ3n) is 2.90. The lowest BCUT2D eigenvalue weighted by Gasteiger charge is -2.14. The Balaban J connectivity index is 2.48. The summed E-state index contributed by atoms with van der Waals surface area (Å²) in [5.41, 5.74) is 1.68. The summed E-state index contributed by atoms with van der Waals surface area (Å²) in [5, 5.41) is 0.916. The molecule has 0 bridgehead atoms. The minimum Gasteiger partial charge on any atom is -0.462 e. The Morgan fingerprint density at radius 1 is 1.28 bits per heavy atom. The molecule has 94 valence electrons. The summed E-state index contributed by atoms with van der Waals surface area (Å²) in [6.07, 6.45) is 1.81. The number of carbonyl (C=O) groups is 2. The molecular formula is C13H14N2O3. The zero-order valence-electron chi connectivity index (χ0n) is 10.5. The number of ether oxygens (including phenoxy) is 1. The lowest BCUT2D eigenvalue weighted by Crippen LogP contribution is -2.33. The first-order valence-electron chi connectivity index (χ1n) is 5.46.